The molecule has 6 atom stereocenters. The van der Waals surface area contributed by atoms with Gasteiger partial charge in [-0.2, -0.15) is 0 Å². The Hall–Kier alpha value is -0.380. The second-order valence-electron chi connectivity index (χ2n) is 3.83. The minimum atomic E-state index is -0.621. The van der Waals surface area contributed by atoms with Crippen LogP contribution in [-0.2, 0) is 9.47 Å². The Kier molecular flexibility index (Phi) is 5.46. The average molecular weight is 247 g/mol. The van der Waals surface area contributed by atoms with Crippen molar-refractivity contribution >= 4 is 9.24 Å². The molecular formula is C9H18N3O3P. The van der Waals surface area contributed by atoms with Crippen LogP contribution in [0.5, 0.6) is 0 Å². The van der Waals surface area contributed by atoms with E-state index in [2.05, 4.69) is 19.3 Å². The van der Waals surface area contributed by atoms with Gasteiger partial charge in [0.15, 0.2) is 6.29 Å². The van der Waals surface area contributed by atoms with Gasteiger partial charge in [-0.05, 0) is 17.9 Å². The maximum absolute atomic E-state index is 9.95. The van der Waals surface area contributed by atoms with Crippen LogP contribution >= 0.6 is 9.24 Å². The molecule has 7 heteroatoms. The molecule has 16 heavy (non-hydrogen) atoms. The minimum Gasteiger partial charge on any atom is -0.390 e. The second kappa shape index (κ2) is 6.38. The number of hydrogen-bond acceptors (Lipinski definition) is 4. The maximum atomic E-state index is 9.95. The van der Waals surface area contributed by atoms with Crippen LogP contribution in [0.25, 0.3) is 10.4 Å². The zero-order valence-corrected chi connectivity index (χ0v) is 10.6. The molecule has 0 aromatic carbocycles. The number of nitrogens with zero attached hydrogens (tertiary/aromatic N) is 3. The van der Waals surface area contributed by atoms with E-state index in [1.165, 1.54) is 0 Å². The van der Waals surface area contributed by atoms with Crippen molar-refractivity contribution in [3.63, 3.8) is 0 Å². The Morgan fingerprint density at radius 3 is 2.81 bits per heavy atom. The highest BCUT2D eigenvalue weighted by molar-refractivity contribution is 7.16. The standard InChI is InChI=1S/C9H18N3O3P/c1-3-6-8(13)5(2)7(11-12-10)9(15-6)14-4-16/h5-9,13H,3-4,16H2,1-2H3/t5-,6?,7?,8+,9+/m1/s1. The van der Waals surface area contributed by atoms with E-state index in [1.54, 1.807) is 0 Å². The highest BCUT2D eigenvalue weighted by Crippen LogP contribution is 2.30. The Morgan fingerprint density at radius 1 is 1.62 bits per heavy atom. The molecule has 0 aliphatic carbocycles. The van der Waals surface area contributed by atoms with Gasteiger partial charge in [0.05, 0.1) is 24.6 Å². The molecule has 92 valence electrons. The molecule has 0 radical (unpaired) electrons. The fourth-order valence-electron chi connectivity index (χ4n) is 1.91. The van der Waals surface area contributed by atoms with Crippen molar-refractivity contribution in [2.24, 2.45) is 11.0 Å². The molecule has 1 aliphatic rings. The average Bonchev–Trinajstić information content (AvgIpc) is 2.28. The van der Waals surface area contributed by atoms with Crippen molar-refractivity contribution in [1.82, 2.24) is 0 Å². The number of ether oxygens (including phenoxy) is 2. The van der Waals surface area contributed by atoms with Gasteiger partial charge in [0, 0.05) is 4.91 Å². The van der Waals surface area contributed by atoms with Crippen LogP contribution in [0.15, 0.2) is 5.11 Å². The third kappa shape index (κ3) is 2.84. The Balaban J connectivity index is 2.83. The van der Waals surface area contributed by atoms with Crippen LogP contribution in [0.2, 0.25) is 0 Å². The van der Waals surface area contributed by atoms with Crippen LogP contribution in [0.1, 0.15) is 20.3 Å². The third-order valence-corrected chi connectivity index (χ3v) is 3.09. The van der Waals surface area contributed by atoms with Crippen molar-refractivity contribution in [3.8, 4) is 0 Å². The van der Waals surface area contributed by atoms with Crippen molar-refractivity contribution in [3.05, 3.63) is 10.4 Å². The lowest BCUT2D eigenvalue weighted by Gasteiger charge is -2.41. The molecular weight excluding hydrogens is 229 g/mol. The summed E-state index contributed by atoms with van der Waals surface area (Å²) in [5.41, 5.74) is 8.49. The Bertz CT molecular complexity index is 273. The molecule has 1 rings (SSSR count). The molecule has 0 bridgehead atoms. The lowest BCUT2D eigenvalue weighted by Crippen LogP contribution is -2.52. The quantitative estimate of drug-likeness (QED) is 0.354. The molecule has 6 nitrogen and oxygen atoms in total. The van der Waals surface area contributed by atoms with Crippen LogP contribution in [0, 0.1) is 5.92 Å². The van der Waals surface area contributed by atoms with Gasteiger partial charge in [-0.3, -0.25) is 0 Å². The maximum Gasteiger partial charge on any atom is 0.167 e. The van der Waals surface area contributed by atoms with Crippen LogP contribution < -0.4 is 0 Å². The van der Waals surface area contributed by atoms with E-state index in [4.69, 9.17) is 15.0 Å². The van der Waals surface area contributed by atoms with E-state index < -0.39 is 18.4 Å². The fraction of sp³-hybridized carbons (Fsp3) is 1.00. The minimum absolute atomic E-state index is 0.170. The summed E-state index contributed by atoms with van der Waals surface area (Å²) in [5.74, 6) is -0.170. The van der Waals surface area contributed by atoms with Crippen molar-refractivity contribution < 1.29 is 14.6 Å². The summed E-state index contributed by atoms with van der Waals surface area (Å²) < 4.78 is 10.9. The van der Waals surface area contributed by atoms with E-state index >= 15 is 0 Å². The zero-order chi connectivity index (χ0) is 12.1. The number of aliphatic hydroxyl groups is 1. The van der Waals surface area contributed by atoms with Gasteiger partial charge in [-0.15, -0.1) is 9.24 Å². The van der Waals surface area contributed by atoms with Crippen LogP contribution in [0.4, 0.5) is 0 Å². The van der Waals surface area contributed by atoms with E-state index in [-0.39, 0.29) is 12.0 Å². The molecule has 0 aromatic heterocycles. The second-order valence-corrected chi connectivity index (χ2v) is 4.16. The summed E-state index contributed by atoms with van der Waals surface area (Å²) in [7, 11) is 2.43. The zero-order valence-electron chi connectivity index (χ0n) is 9.48. The first-order chi connectivity index (χ1) is 7.65. The topological polar surface area (TPSA) is 87.5 Å². The van der Waals surface area contributed by atoms with E-state index in [0.29, 0.717) is 12.8 Å². The van der Waals surface area contributed by atoms with E-state index in [9.17, 15) is 5.11 Å². The number of rotatable bonds is 4. The van der Waals surface area contributed by atoms with Crippen molar-refractivity contribution in [2.45, 2.75) is 44.8 Å². The largest absolute Gasteiger partial charge is 0.390 e. The highest BCUT2D eigenvalue weighted by atomic mass is 31.0. The first kappa shape index (κ1) is 13.7. The van der Waals surface area contributed by atoms with Gasteiger partial charge < -0.3 is 14.6 Å². The van der Waals surface area contributed by atoms with Gasteiger partial charge >= 0.3 is 0 Å². The monoisotopic (exact) mass is 247 g/mol. The van der Waals surface area contributed by atoms with Gasteiger partial charge in [-0.1, -0.05) is 19.0 Å². The number of azide groups is 1. The Morgan fingerprint density at radius 2 is 2.31 bits per heavy atom. The molecule has 1 heterocycles. The van der Waals surface area contributed by atoms with Crippen LogP contribution in [0.3, 0.4) is 0 Å². The highest BCUT2D eigenvalue weighted by Gasteiger charge is 2.42. The smallest absolute Gasteiger partial charge is 0.167 e. The number of aliphatic hydroxyl groups excluding tert-OH is 1. The summed E-state index contributed by atoms with van der Waals surface area (Å²) in [5, 5.41) is 13.6. The van der Waals surface area contributed by atoms with E-state index in [0.717, 1.165) is 0 Å². The lowest BCUT2D eigenvalue weighted by atomic mass is 9.88. The molecule has 1 fully saturated rings. The molecule has 0 amide bonds. The molecule has 3 unspecified atom stereocenters. The molecule has 0 spiro atoms. The van der Waals surface area contributed by atoms with Crippen molar-refractivity contribution in [2.75, 3.05) is 6.35 Å². The van der Waals surface area contributed by atoms with Gasteiger partial charge in [-0.25, -0.2) is 0 Å². The lowest BCUT2D eigenvalue weighted by molar-refractivity contribution is -0.239. The van der Waals surface area contributed by atoms with Gasteiger partial charge in [0.2, 0.25) is 0 Å². The third-order valence-electron chi connectivity index (χ3n) is 2.89. The van der Waals surface area contributed by atoms with Gasteiger partial charge in [0.1, 0.15) is 0 Å². The molecule has 1 aliphatic heterocycles. The Labute approximate surface area is 97.1 Å². The summed E-state index contributed by atoms with van der Waals surface area (Å²) in [6, 6.07) is -0.483. The van der Waals surface area contributed by atoms with E-state index in [1.807, 2.05) is 13.8 Å². The van der Waals surface area contributed by atoms with Gasteiger partial charge in [0.25, 0.3) is 0 Å². The predicted octanol–water partition coefficient (Wildman–Crippen LogP) is 1.65. The molecule has 1 N–H and O–H groups in total. The summed E-state index contributed by atoms with van der Waals surface area (Å²) >= 11 is 0. The molecule has 0 saturated carbocycles. The first-order valence-electron chi connectivity index (χ1n) is 5.35. The van der Waals surface area contributed by atoms with Crippen LogP contribution in [-0.4, -0.2) is 36.0 Å². The normalized spacial score (nSPS) is 39.1. The first-order valence-corrected chi connectivity index (χ1v) is 6.16. The summed E-state index contributed by atoms with van der Waals surface area (Å²) in [6.45, 7) is 3.78. The van der Waals surface area contributed by atoms with Crippen molar-refractivity contribution in [1.29, 1.82) is 0 Å². The summed E-state index contributed by atoms with van der Waals surface area (Å²) in [6.07, 6.45) is -0.352. The molecule has 1 saturated heterocycles. The SMILES string of the molecule is CCC1O[C@H](OCP)C(N=[N+]=[N-])[C@@H](C)[C@@H]1O. The summed E-state index contributed by atoms with van der Waals surface area (Å²) in [4.78, 5) is 2.77. The number of hydrogen-bond donors (Lipinski definition) is 1. The fourth-order valence-corrected chi connectivity index (χ4v) is 2.10. The molecule has 0 aromatic rings. The predicted molar refractivity (Wildman–Crippen MR) is 62.7 cm³/mol.